The molecule has 0 spiro atoms. The number of rotatable bonds is 6. The van der Waals surface area contributed by atoms with E-state index in [2.05, 4.69) is 137 Å². The zero-order valence-corrected chi connectivity index (χ0v) is 24.9. The topological polar surface area (TPSA) is 0 Å². The third kappa shape index (κ3) is 3.76. The van der Waals surface area contributed by atoms with Crippen molar-refractivity contribution in [1.29, 1.82) is 0 Å². The Morgan fingerprint density at radius 3 is 1.84 bits per heavy atom. The molecule has 0 heteroatoms. The van der Waals surface area contributed by atoms with Crippen LogP contribution in [0.1, 0.15) is 47.2 Å². The fraction of sp³-hybridized carbons (Fsp3) is 0.0698. The molecule has 0 amide bonds. The van der Waals surface area contributed by atoms with E-state index in [1.54, 1.807) is 0 Å². The zero-order chi connectivity index (χ0) is 29.9. The third-order valence-corrected chi connectivity index (χ3v) is 9.36. The number of benzene rings is 6. The summed E-state index contributed by atoms with van der Waals surface area (Å²) in [4.78, 5) is 0. The lowest BCUT2D eigenvalue weighted by molar-refractivity contribution is 0.666. The zero-order valence-electron chi connectivity index (χ0n) is 24.9. The molecule has 7 rings (SSSR count). The average Bonchev–Trinajstić information content (AvgIpc) is 3.28. The van der Waals surface area contributed by atoms with Crippen molar-refractivity contribution < 1.29 is 0 Å². The van der Waals surface area contributed by atoms with Gasteiger partial charge in [0.2, 0.25) is 0 Å². The smallest absolute Gasteiger partial charge is 0.0165 e. The van der Waals surface area contributed by atoms with Gasteiger partial charge in [-0.3, -0.25) is 0 Å². The second-order valence-electron chi connectivity index (χ2n) is 11.8. The van der Waals surface area contributed by atoms with E-state index in [0.717, 1.165) is 33.4 Å². The van der Waals surface area contributed by atoms with Gasteiger partial charge < -0.3 is 0 Å². The molecule has 0 saturated heterocycles. The van der Waals surface area contributed by atoms with Gasteiger partial charge in [-0.05, 0) is 94.4 Å². The van der Waals surface area contributed by atoms with Crippen LogP contribution in [0.5, 0.6) is 0 Å². The molecule has 0 radical (unpaired) electrons. The Balaban J connectivity index is 1.54. The Bertz CT molecular complexity index is 2170. The van der Waals surface area contributed by atoms with Crippen LogP contribution >= 0.6 is 0 Å². The van der Waals surface area contributed by atoms with Gasteiger partial charge in [-0.2, -0.15) is 0 Å². The highest BCUT2D eigenvalue weighted by molar-refractivity contribution is 6.13. The van der Waals surface area contributed by atoms with Gasteiger partial charge >= 0.3 is 0 Å². The van der Waals surface area contributed by atoms with Crippen LogP contribution in [0.3, 0.4) is 0 Å². The molecule has 0 saturated carbocycles. The van der Waals surface area contributed by atoms with Gasteiger partial charge in [-0.1, -0.05) is 155 Å². The van der Waals surface area contributed by atoms with Crippen LogP contribution < -0.4 is 0 Å². The molecule has 1 aliphatic carbocycles. The standard InChI is InChI=1S/C43H34/c1-7-27-17-15-21-35(30(27)8-2)41-32(10-4)31(9-3)40(36-19-13-14-20-37(36)41)29-23-24-34-38-25-22-28-16-11-12-18-33(28)42(38)43(5,6)39(34)26-29/h7-26H,1-4H2,5-6H3. The Morgan fingerprint density at radius 2 is 1.14 bits per heavy atom. The summed E-state index contributed by atoms with van der Waals surface area (Å²) < 4.78 is 0. The van der Waals surface area contributed by atoms with Crippen LogP contribution in [-0.4, -0.2) is 0 Å². The highest BCUT2D eigenvalue weighted by Crippen LogP contribution is 2.53. The van der Waals surface area contributed by atoms with Crippen molar-refractivity contribution in [3.63, 3.8) is 0 Å². The summed E-state index contributed by atoms with van der Waals surface area (Å²) in [7, 11) is 0. The predicted molar refractivity (Wildman–Crippen MR) is 190 cm³/mol. The number of fused-ring (bicyclic) bond motifs is 6. The molecular formula is C43H34. The molecule has 206 valence electrons. The quantitative estimate of drug-likeness (QED) is 0.193. The van der Waals surface area contributed by atoms with E-state index in [4.69, 9.17) is 0 Å². The largest absolute Gasteiger partial charge is 0.0984 e. The predicted octanol–water partition coefficient (Wildman–Crippen LogP) is 12.2. The van der Waals surface area contributed by atoms with Crippen LogP contribution in [0.15, 0.2) is 123 Å². The maximum Gasteiger partial charge on any atom is 0.0165 e. The van der Waals surface area contributed by atoms with E-state index in [1.807, 2.05) is 24.3 Å². The molecule has 0 aliphatic heterocycles. The van der Waals surface area contributed by atoms with Crippen molar-refractivity contribution in [3.8, 4) is 33.4 Å². The van der Waals surface area contributed by atoms with Gasteiger partial charge in [-0.25, -0.2) is 0 Å². The highest BCUT2D eigenvalue weighted by Gasteiger charge is 2.37. The van der Waals surface area contributed by atoms with Crippen molar-refractivity contribution >= 4 is 45.8 Å². The van der Waals surface area contributed by atoms with E-state index in [9.17, 15) is 0 Å². The molecule has 0 nitrogen and oxygen atoms in total. The van der Waals surface area contributed by atoms with Crippen LogP contribution in [0, 0.1) is 0 Å². The SMILES string of the molecule is C=Cc1cccc(-c2c(C=C)c(C=C)c(-c3ccc4c(c3)C(C)(C)c3c-4ccc4ccccc34)c3ccccc23)c1C=C. The lowest BCUT2D eigenvalue weighted by Gasteiger charge is -2.25. The van der Waals surface area contributed by atoms with Crippen molar-refractivity contribution in [2.24, 2.45) is 0 Å². The fourth-order valence-corrected chi connectivity index (χ4v) is 7.47. The average molecular weight is 551 g/mol. The van der Waals surface area contributed by atoms with E-state index in [-0.39, 0.29) is 5.41 Å². The van der Waals surface area contributed by atoms with E-state index >= 15 is 0 Å². The molecule has 0 fully saturated rings. The Labute approximate surface area is 254 Å². The van der Waals surface area contributed by atoms with Crippen molar-refractivity contribution in [2.75, 3.05) is 0 Å². The summed E-state index contributed by atoms with van der Waals surface area (Å²) in [5.74, 6) is 0. The molecule has 0 N–H and O–H groups in total. The first-order valence-corrected chi connectivity index (χ1v) is 14.8. The van der Waals surface area contributed by atoms with E-state index in [0.29, 0.717) is 0 Å². The fourth-order valence-electron chi connectivity index (χ4n) is 7.47. The minimum absolute atomic E-state index is 0.142. The second-order valence-corrected chi connectivity index (χ2v) is 11.8. The Morgan fingerprint density at radius 1 is 0.512 bits per heavy atom. The summed E-state index contributed by atoms with van der Waals surface area (Å²) in [6.07, 6.45) is 7.80. The minimum atomic E-state index is -0.142. The summed E-state index contributed by atoms with van der Waals surface area (Å²) in [5, 5.41) is 4.98. The third-order valence-electron chi connectivity index (χ3n) is 9.36. The van der Waals surface area contributed by atoms with Gasteiger partial charge in [0, 0.05) is 5.41 Å². The number of hydrogen-bond acceptors (Lipinski definition) is 0. The molecule has 0 atom stereocenters. The second kappa shape index (κ2) is 9.96. The van der Waals surface area contributed by atoms with Gasteiger partial charge in [-0.15, -0.1) is 0 Å². The Kier molecular flexibility index (Phi) is 6.18. The first-order valence-electron chi connectivity index (χ1n) is 14.8. The van der Waals surface area contributed by atoms with Gasteiger partial charge in [0.15, 0.2) is 0 Å². The van der Waals surface area contributed by atoms with Gasteiger partial charge in [0.25, 0.3) is 0 Å². The monoisotopic (exact) mass is 550 g/mol. The van der Waals surface area contributed by atoms with Gasteiger partial charge in [0.05, 0.1) is 0 Å². The first-order chi connectivity index (χ1) is 20.9. The maximum atomic E-state index is 4.33. The maximum absolute atomic E-state index is 4.33. The van der Waals surface area contributed by atoms with Crippen molar-refractivity contribution in [1.82, 2.24) is 0 Å². The van der Waals surface area contributed by atoms with Crippen LogP contribution in [0.25, 0.3) is 79.2 Å². The lowest BCUT2D eigenvalue weighted by Crippen LogP contribution is -2.15. The highest BCUT2D eigenvalue weighted by atomic mass is 14.4. The summed E-state index contributed by atoms with van der Waals surface area (Å²) in [6, 6.07) is 35.4. The van der Waals surface area contributed by atoms with E-state index in [1.165, 1.54) is 54.9 Å². The molecule has 43 heavy (non-hydrogen) atoms. The molecule has 6 aromatic carbocycles. The minimum Gasteiger partial charge on any atom is -0.0984 e. The molecule has 0 heterocycles. The molecule has 0 aromatic heterocycles. The Hall–Kier alpha value is -5.20. The van der Waals surface area contributed by atoms with E-state index < -0.39 is 0 Å². The molecule has 0 bridgehead atoms. The van der Waals surface area contributed by atoms with Crippen LogP contribution in [-0.2, 0) is 5.41 Å². The van der Waals surface area contributed by atoms with Gasteiger partial charge in [0.1, 0.15) is 0 Å². The molecule has 6 aromatic rings. The van der Waals surface area contributed by atoms with Crippen molar-refractivity contribution in [3.05, 3.63) is 157 Å². The van der Waals surface area contributed by atoms with Crippen LogP contribution in [0.2, 0.25) is 0 Å². The first kappa shape index (κ1) is 26.7. The number of hydrogen-bond donors (Lipinski definition) is 0. The molecule has 0 unspecified atom stereocenters. The summed E-state index contributed by atoms with van der Waals surface area (Å²) in [5.41, 5.74) is 14.2. The molecular weight excluding hydrogens is 516 g/mol. The van der Waals surface area contributed by atoms with Crippen molar-refractivity contribution in [2.45, 2.75) is 19.3 Å². The normalized spacial score (nSPS) is 13.0. The summed E-state index contributed by atoms with van der Waals surface area (Å²) in [6.45, 7) is 21.6. The van der Waals surface area contributed by atoms with Crippen LogP contribution in [0.4, 0.5) is 0 Å². The summed E-state index contributed by atoms with van der Waals surface area (Å²) >= 11 is 0. The lowest BCUT2D eigenvalue weighted by atomic mass is 9.78. The molecule has 1 aliphatic rings.